The summed E-state index contributed by atoms with van der Waals surface area (Å²) in [6.45, 7) is 6.29. The molecule has 2 atom stereocenters. The first-order chi connectivity index (χ1) is 11.0. The Morgan fingerprint density at radius 2 is 1.96 bits per heavy atom. The van der Waals surface area contributed by atoms with Gasteiger partial charge < -0.3 is 15.2 Å². The summed E-state index contributed by atoms with van der Waals surface area (Å²) < 4.78 is 18.2. The number of rotatable bonds is 7. The predicted octanol–water partition coefficient (Wildman–Crippen LogP) is 2.32. The molecule has 0 saturated carbocycles. The Morgan fingerprint density at radius 3 is 2.61 bits per heavy atom. The predicted molar refractivity (Wildman–Crippen MR) is 85.8 cm³/mol. The van der Waals surface area contributed by atoms with E-state index < -0.39 is 6.10 Å². The number of hydrogen-bond donors (Lipinski definition) is 2. The van der Waals surface area contributed by atoms with Gasteiger partial charge in [0, 0.05) is 30.0 Å². The third-order valence-corrected chi connectivity index (χ3v) is 3.52. The van der Waals surface area contributed by atoms with Crippen LogP contribution in [0.3, 0.4) is 0 Å². The van der Waals surface area contributed by atoms with E-state index in [2.05, 4.69) is 15.3 Å². The maximum absolute atomic E-state index is 12.8. The summed E-state index contributed by atoms with van der Waals surface area (Å²) in [4.78, 5) is 8.54. The average molecular weight is 319 g/mol. The molecule has 0 saturated heterocycles. The first-order valence-electron chi connectivity index (χ1n) is 7.55. The van der Waals surface area contributed by atoms with Crippen molar-refractivity contribution in [2.75, 3.05) is 13.2 Å². The molecular formula is C17H22FN3O2. The van der Waals surface area contributed by atoms with Crippen molar-refractivity contribution in [3.63, 3.8) is 0 Å². The number of nitrogens with one attached hydrogen (secondary N) is 1. The largest absolute Gasteiger partial charge is 0.491 e. The molecule has 2 unspecified atom stereocenters. The van der Waals surface area contributed by atoms with E-state index in [1.165, 1.54) is 24.3 Å². The molecule has 0 aliphatic carbocycles. The molecule has 0 aliphatic rings. The quantitative estimate of drug-likeness (QED) is 0.820. The fourth-order valence-electron chi connectivity index (χ4n) is 2.22. The number of aromatic nitrogens is 2. The van der Waals surface area contributed by atoms with Gasteiger partial charge in [0.05, 0.1) is 0 Å². The van der Waals surface area contributed by atoms with Crippen LogP contribution in [0.25, 0.3) is 0 Å². The zero-order valence-corrected chi connectivity index (χ0v) is 13.6. The molecule has 2 rings (SSSR count). The summed E-state index contributed by atoms with van der Waals surface area (Å²) in [5.74, 6) is 0.955. The second-order valence-corrected chi connectivity index (χ2v) is 5.51. The van der Waals surface area contributed by atoms with Crippen LogP contribution in [0.1, 0.15) is 30.0 Å². The lowest BCUT2D eigenvalue weighted by Gasteiger charge is -2.19. The molecule has 0 spiro atoms. The number of nitrogens with zero attached hydrogens (tertiary/aromatic N) is 2. The normalized spacial score (nSPS) is 13.6. The van der Waals surface area contributed by atoms with Crippen molar-refractivity contribution < 1.29 is 14.2 Å². The van der Waals surface area contributed by atoms with Crippen LogP contribution in [0.5, 0.6) is 5.75 Å². The Balaban J connectivity index is 1.79. The minimum absolute atomic E-state index is 0.0241. The third-order valence-electron chi connectivity index (χ3n) is 3.52. The van der Waals surface area contributed by atoms with Crippen LogP contribution in [-0.4, -0.2) is 34.3 Å². The monoisotopic (exact) mass is 319 g/mol. The number of aliphatic hydroxyl groups excluding tert-OH is 1. The van der Waals surface area contributed by atoms with Crippen LogP contribution in [0.4, 0.5) is 4.39 Å². The number of ether oxygens (including phenoxy) is 1. The molecule has 0 fully saturated rings. The molecule has 6 heteroatoms. The lowest BCUT2D eigenvalue weighted by atomic mass is 10.1. The van der Waals surface area contributed by atoms with Gasteiger partial charge in [0.25, 0.3) is 0 Å². The Kier molecular flexibility index (Phi) is 6.01. The van der Waals surface area contributed by atoms with Crippen molar-refractivity contribution in [3.8, 4) is 5.75 Å². The summed E-state index contributed by atoms with van der Waals surface area (Å²) in [6.07, 6.45) is 1.13. The number of aryl methyl sites for hydroxylation is 2. The molecule has 23 heavy (non-hydrogen) atoms. The average Bonchev–Trinajstić information content (AvgIpc) is 2.52. The van der Waals surface area contributed by atoms with Gasteiger partial charge in [0.1, 0.15) is 30.1 Å². The highest BCUT2D eigenvalue weighted by molar-refractivity contribution is 5.22. The van der Waals surface area contributed by atoms with E-state index in [1.807, 2.05) is 20.8 Å². The van der Waals surface area contributed by atoms with Gasteiger partial charge in [-0.3, -0.25) is 0 Å². The summed E-state index contributed by atoms with van der Waals surface area (Å²) in [5.41, 5.74) is 1.93. The fourth-order valence-corrected chi connectivity index (χ4v) is 2.22. The fraction of sp³-hybridized carbons (Fsp3) is 0.412. The summed E-state index contributed by atoms with van der Waals surface area (Å²) >= 11 is 0. The van der Waals surface area contributed by atoms with Crippen LogP contribution in [0.15, 0.2) is 30.5 Å². The molecule has 0 bridgehead atoms. The zero-order valence-electron chi connectivity index (χ0n) is 13.6. The topological polar surface area (TPSA) is 67.3 Å². The smallest absolute Gasteiger partial charge is 0.125 e. The third kappa shape index (κ3) is 5.26. The molecule has 124 valence electrons. The van der Waals surface area contributed by atoms with Crippen LogP contribution in [-0.2, 0) is 0 Å². The Hall–Kier alpha value is -2.05. The summed E-state index contributed by atoms with van der Waals surface area (Å²) in [7, 11) is 0. The molecule has 0 radical (unpaired) electrons. The Bertz CT molecular complexity index is 634. The number of halogens is 1. The van der Waals surface area contributed by atoms with E-state index in [0.29, 0.717) is 12.3 Å². The maximum atomic E-state index is 12.8. The van der Waals surface area contributed by atoms with E-state index in [-0.39, 0.29) is 18.5 Å². The Labute approximate surface area is 135 Å². The first-order valence-corrected chi connectivity index (χ1v) is 7.55. The van der Waals surface area contributed by atoms with Gasteiger partial charge in [-0.1, -0.05) is 0 Å². The SMILES string of the molecule is Cc1ncc(C(C)NCC(O)COc2ccc(F)cc2)c(C)n1. The van der Waals surface area contributed by atoms with E-state index >= 15 is 0 Å². The van der Waals surface area contributed by atoms with Crippen LogP contribution in [0, 0.1) is 19.7 Å². The number of benzene rings is 1. The number of hydrogen-bond acceptors (Lipinski definition) is 5. The molecule has 2 aromatic rings. The molecular weight excluding hydrogens is 297 g/mol. The molecule has 1 aromatic carbocycles. The van der Waals surface area contributed by atoms with E-state index in [9.17, 15) is 9.50 Å². The van der Waals surface area contributed by atoms with Gasteiger partial charge >= 0.3 is 0 Å². The molecule has 0 aliphatic heterocycles. The highest BCUT2D eigenvalue weighted by Crippen LogP contribution is 2.15. The van der Waals surface area contributed by atoms with Crippen LogP contribution < -0.4 is 10.1 Å². The van der Waals surface area contributed by atoms with Crippen molar-refractivity contribution in [1.29, 1.82) is 0 Å². The molecule has 1 aromatic heterocycles. The van der Waals surface area contributed by atoms with Crippen molar-refractivity contribution in [3.05, 3.63) is 53.4 Å². The maximum Gasteiger partial charge on any atom is 0.125 e. The van der Waals surface area contributed by atoms with Crippen molar-refractivity contribution in [2.24, 2.45) is 0 Å². The summed E-state index contributed by atoms with van der Waals surface area (Å²) in [6, 6.07) is 5.73. The van der Waals surface area contributed by atoms with Gasteiger partial charge in [0.15, 0.2) is 0 Å². The molecule has 1 heterocycles. The van der Waals surface area contributed by atoms with E-state index in [1.54, 1.807) is 6.20 Å². The second-order valence-electron chi connectivity index (χ2n) is 5.51. The lowest BCUT2D eigenvalue weighted by molar-refractivity contribution is 0.104. The second kappa shape index (κ2) is 7.99. The van der Waals surface area contributed by atoms with Crippen LogP contribution >= 0.6 is 0 Å². The molecule has 2 N–H and O–H groups in total. The van der Waals surface area contributed by atoms with E-state index in [4.69, 9.17) is 4.74 Å². The summed E-state index contributed by atoms with van der Waals surface area (Å²) in [5, 5.41) is 13.2. The van der Waals surface area contributed by atoms with Gasteiger partial charge in [0.2, 0.25) is 0 Å². The number of aliphatic hydroxyl groups is 1. The van der Waals surface area contributed by atoms with Crippen molar-refractivity contribution in [1.82, 2.24) is 15.3 Å². The highest BCUT2D eigenvalue weighted by Gasteiger charge is 2.12. The Morgan fingerprint density at radius 1 is 1.26 bits per heavy atom. The minimum Gasteiger partial charge on any atom is -0.491 e. The van der Waals surface area contributed by atoms with Gasteiger partial charge in [-0.05, 0) is 45.0 Å². The van der Waals surface area contributed by atoms with E-state index in [0.717, 1.165) is 17.1 Å². The molecule has 0 amide bonds. The van der Waals surface area contributed by atoms with Crippen LogP contribution in [0.2, 0.25) is 0 Å². The first kappa shape index (κ1) is 17.3. The van der Waals surface area contributed by atoms with Crippen molar-refractivity contribution in [2.45, 2.75) is 32.9 Å². The standard InChI is InChI=1S/C17H22FN3O2/c1-11(17-9-20-13(3)21-12(17)2)19-8-15(22)10-23-16-6-4-14(18)5-7-16/h4-7,9,11,15,19,22H,8,10H2,1-3H3. The minimum atomic E-state index is -0.672. The zero-order chi connectivity index (χ0) is 16.8. The van der Waals surface area contributed by atoms with Gasteiger partial charge in [-0.25, -0.2) is 14.4 Å². The van der Waals surface area contributed by atoms with Gasteiger partial charge in [-0.15, -0.1) is 0 Å². The van der Waals surface area contributed by atoms with Crippen molar-refractivity contribution >= 4 is 0 Å². The van der Waals surface area contributed by atoms with Gasteiger partial charge in [-0.2, -0.15) is 0 Å². The highest BCUT2D eigenvalue weighted by atomic mass is 19.1. The molecule has 5 nitrogen and oxygen atoms in total. The lowest BCUT2D eigenvalue weighted by Crippen LogP contribution is -2.33.